The van der Waals surface area contributed by atoms with Gasteiger partial charge in [-0.2, -0.15) is 9.78 Å². The molecule has 2 N–H and O–H groups in total. The second-order valence-corrected chi connectivity index (χ2v) is 7.31. The van der Waals surface area contributed by atoms with Crippen molar-refractivity contribution in [2.45, 2.75) is 27.7 Å². The summed E-state index contributed by atoms with van der Waals surface area (Å²) in [6.45, 7) is 8.26. The number of aromatic amines is 1. The average molecular weight is 384 g/mol. The van der Waals surface area contributed by atoms with Crippen molar-refractivity contribution in [1.29, 1.82) is 0 Å². The Bertz CT molecular complexity index is 1380. The van der Waals surface area contributed by atoms with Crippen molar-refractivity contribution in [2.75, 3.05) is 5.32 Å². The highest BCUT2D eigenvalue weighted by atomic mass is 15.4. The van der Waals surface area contributed by atoms with Crippen molar-refractivity contribution in [3.63, 3.8) is 0 Å². The van der Waals surface area contributed by atoms with Gasteiger partial charge in [-0.15, -0.1) is 0 Å². The molecule has 1 aromatic carbocycles. The Morgan fingerprint density at radius 3 is 2.66 bits per heavy atom. The maximum atomic E-state index is 4.92. The van der Waals surface area contributed by atoms with Crippen molar-refractivity contribution in [1.82, 2.24) is 34.7 Å². The molecular formula is C21H20N8. The number of hydrogen-bond donors (Lipinski definition) is 2. The lowest BCUT2D eigenvalue weighted by Crippen LogP contribution is -2.07. The number of nitrogens with zero attached hydrogens (tertiary/aromatic N) is 6. The van der Waals surface area contributed by atoms with Crippen LogP contribution in [0.5, 0.6) is 0 Å². The summed E-state index contributed by atoms with van der Waals surface area (Å²) in [5, 5.41) is 9.18. The van der Waals surface area contributed by atoms with Crippen molar-refractivity contribution in [3.8, 4) is 5.82 Å². The molecule has 0 radical (unpaired) electrons. The van der Waals surface area contributed by atoms with Gasteiger partial charge >= 0.3 is 0 Å². The molecule has 144 valence electrons. The molecule has 0 spiro atoms. The standard InChI is InChI=1S/C21H20N8/c1-11-5-13(3)18-15(6-11)12(2)7-16(26-18)29-17(8-14(4)28-29)27-21-19-20(23-9-22-19)24-10-25-21/h5-10H,1-4H3,(H2,22,23,24,25,27). The van der Waals surface area contributed by atoms with Crippen molar-refractivity contribution in [2.24, 2.45) is 0 Å². The minimum absolute atomic E-state index is 0.607. The van der Waals surface area contributed by atoms with E-state index in [9.17, 15) is 0 Å². The normalized spacial score (nSPS) is 11.4. The zero-order valence-corrected chi connectivity index (χ0v) is 16.6. The minimum Gasteiger partial charge on any atom is -0.340 e. The summed E-state index contributed by atoms with van der Waals surface area (Å²) >= 11 is 0. The van der Waals surface area contributed by atoms with Gasteiger partial charge in [0.15, 0.2) is 17.3 Å². The van der Waals surface area contributed by atoms with Crippen LogP contribution in [0.25, 0.3) is 27.9 Å². The molecule has 8 heteroatoms. The van der Waals surface area contributed by atoms with Crippen molar-refractivity contribution in [3.05, 3.63) is 59.3 Å². The SMILES string of the molecule is Cc1cc(C)c2nc(-n3nc(C)cc3Nc3ncnc4nc[nH]c34)cc(C)c2c1. The molecule has 5 aromatic rings. The molecule has 0 saturated carbocycles. The number of aromatic nitrogens is 7. The summed E-state index contributed by atoms with van der Waals surface area (Å²) < 4.78 is 1.81. The number of nitrogens with one attached hydrogen (secondary N) is 2. The molecule has 4 heterocycles. The summed E-state index contributed by atoms with van der Waals surface area (Å²) in [4.78, 5) is 20.7. The maximum absolute atomic E-state index is 4.92. The van der Waals surface area contributed by atoms with Crippen molar-refractivity contribution >= 4 is 33.7 Å². The van der Waals surface area contributed by atoms with Crippen molar-refractivity contribution < 1.29 is 0 Å². The maximum Gasteiger partial charge on any atom is 0.182 e. The summed E-state index contributed by atoms with van der Waals surface area (Å²) in [5.74, 6) is 2.17. The summed E-state index contributed by atoms with van der Waals surface area (Å²) in [7, 11) is 0. The van der Waals surface area contributed by atoms with Crippen LogP contribution in [0.2, 0.25) is 0 Å². The largest absolute Gasteiger partial charge is 0.340 e. The fraction of sp³-hybridized carbons (Fsp3) is 0.190. The lowest BCUT2D eigenvalue weighted by atomic mass is 10.0. The lowest BCUT2D eigenvalue weighted by molar-refractivity contribution is 0.842. The number of benzene rings is 1. The zero-order valence-electron chi connectivity index (χ0n) is 16.6. The van der Waals surface area contributed by atoms with Crippen LogP contribution in [-0.2, 0) is 0 Å². The molecule has 0 aliphatic heterocycles. The summed E-state index contributed by atoms with van der Waals surface area (Å²) in [6, 6.07) is 8.36. The van der Waals surface area contributed by atoms with Gasteiger partial charge in [-0.05, 0) is 51.0 Å². The quantitative estimate of drug-likeness (QED) is 0.487. The van der Waals surface area contributed by atoms with E-state index in [-0.39, 0.29) is 0 Å². The highest BCUT2D eigenvalue weighted by molar-refractivity contribution is 5.87. The molecule has 0 amide bonds. The van der Waals surface area contributed by atoms with E-state index in [1.165, 1.54) is 17.3 Å². The van der Waals surface area contributed by atoms with Crippen LogP contribution >= 0.6 is 0 Å². The van der Waals surface area contributed by atoms with Crippen LogP contribution in [0.4, 0.5) is 11.6 Å². The summed E-state index contributed by atoms with van der Waals surface area (Å²) in [6.07, 6.45) is 3.09. The first kappa shape index (κ1) is 17.3. The van der Waals surface area contributed by atoms with E-state index >= 15 is 0 Å². The topological polar surface area (TPSA) is 97.2 Å². The zero-order chi connectivity index (χ0) is 20.1. The lowest BCUT2D eigenvalue weighted by Gasteiger charge is -2.12. The van der Waals surface area contributed by atoms with E-state index < -0.39 is 0 Å². The van der Waals surface area contributed by atoms with Gasteiger partial charge in [0.05, 0.1) is 17.5 Å². The molecule has 29 heavy (non-hydrogen) atoms. The fourth-order valence-corrected chi connectivity index (χ4v) is 3.68. The van der Waals surface area contributed by atoms with Gasteiger partial charge in [0.1, 0.15) is 17.7 Å². The molecule has 5 rings (SSSR count). The first-order valence-corrected chi connectivity index (χ1v) is 9.36. The molecule has 8 nitrogen and oxygen atoms in total. The number of hydrogen-bond acceptors (Lipinski definition) is 6. The van der Waals surface area contributed by atoms with Gasteiger partial charge in [0.2, 0.25) is 0 Å². The van der Waals surface area contributed by atoms with E-state index in [0.29, 0.717) is 11.5 Å². The van der Waals surface area contributed by atoms with Gasteiger partial charge in [-0.1, -0.05) is 11.6 Å². The van der Waals surface area contributed by atoms with Crippen LogP contribution in [0.15, 0.2) is 36.9 Å². The minimum atomic E-state index is 0.607. The van der Waals surface area contributed by atoms with E-state index in [1.54, 1.807) is 6.33 Å². The molecule has 0 bridgehead atoms. The fourth-order valence-electron chi connectivity index (χ4n) is 3.68. The predicted octanol–water partition coefficient (Wildman–Crippen LogP) is 4.06. The Balaban J connectivity index is 1.65. The van der Waals surface area contributed by atoms with Crippen LogP contribution < -0.4 is 5.32 Å². The number of H-pyrrole nitrogens is 1. The molecule has 4 aromatic heterocycles. The van der Waals surface area contributed by atoms with Gasteiger partial charge < -0.3 is 10.3 Å². The third-order valence-corrected chi connectivity index (χ3v) is 4.96. The van der Waals surface area contributed by atoms with Crippen LogP contribution in [-0.4, -0.2) is 34.7 Å². The second kappa shape index (κ2) is 6.37. The highest BCUT2D eigenvalue weighted by Gasteiger charge is 2.15. The predicted molar refractivity (Wildman–Crippen MR) is 113 cm³/mol. The summed E-state index contributed by atoms with van der Waals surface area (Å²) in [5.41, 5.74) is 6.76. The number of anilines is 2. The molecular weight excluding hydrogens is 364 g/mol. The molecule has 0 aliphatic carbocycles. The Hall–Kier alpha value is -3.81. The highest BCUT2D eigenvalue weighted by Crippen LogP contribution is 2.27. The smallest absolute Gasteiger partial charge is 0.182 e. The average Bonchev–Trinajstić information content (AvgIpc) is 3.29. The van der Waals surface area contributed by atoms with Crippen LogP contribution in [0.1, 0.15) is 22.4 Å². The first-order chi connectivity index (χ1) is 14.0. The molecule has 0 unspecified atom stereocenters. The van der Waals surface area contributed by atoms with Crippen LogP contribution in [0, 0.1) is 27.7 Å². The number of rotatable bonds is 3. The monoisotopic (exact) mass is 384 g/mol. The molecule has 0 atom stereocenters. The third-order valence-electron chi connectivity index (χ3n) is 4.96. The van der Waals surface area contributed by atoms with Gasteiger partial charge in [-0.3, -0.25) is 0 Å². The van der Waals surface area contributed by atoms with Gasteiger partial charge in [-0.25, -0.2) is 19.9 Å². The van der Waals surface area contributed by atoms with Gasteiger partial charge in [0.25, 0.3) is 0 Å². The number of aryl methyl sites for hydroxylation is 4. The molecule has 0 fully saturated rings. The Morgan fingerprint density at radius 1 is 0.931 bits per heavy atom. The Morgan fingerprint density at radius 2 is 1.79 bits per heavy atom. The van der Waals surface area contributed by atoms with E-state index in [1.807, 2.05) is 17.7 Å². The van der Waals surface area contributed by atoms with E-state index in [2.05, 4.69) is 69.3 Å². The molecule has 0 saturated heterocycles. The Kier molecular flexibility index (Phi) is 3.80. The van der Waals surface area contributed by atoms with Crippen LogP contribution in [0.3, 0.4) is 0 Å². The second-order valence-electron chi connectivity index (χ2n) is 7.31. The molecule has 0 aliphatic rings. The van der Waals surface area contributed by atoms with E-state index in [4.69, 9.17) is 4.98 Å². The van der Waals surface area contributed by atoms with Gasteiger partial charge in [0, 0.05) is 11.5 Å². The third kappa shape index (κ3) is 2.89. The van der Waals surface area contributed by atoms with E-state index in [0.717, 1.165) is 39.5 Å². The number of fused-ring (bicyclic) bond motifs is 2. The Labute approximate surface area is 167 Å². The first-order valence-electron chi connectivity index (χ1n) is 9.36. The number of pyridine rings is 1. The number of imidazole rings is 1.